The van der Waals surface area contributed by atoms with Crippen molar-refractivity contribution >= 4 is 5.91 Å². The third-order valence-electron chi connectivity index (χ3n) is 5.32. The van der Waals surface area contributed by atoms with E-state index < -0.39 is 0 Å². The molecular formula is C18H26N2O2. The van der Waals surface area contributed by atoms with Gasteiger partial charge in [0.2, 0.25) is 5.91 Å². The second-order valence-electron chi connectivity index (χ2n) is 7.35. The second kappa shape index (κ2) is 5.36. The molecule has 1 aliphatic carbocycles. The van der Waals surface area contributed by atoms with Crippen molar-refractivity contribution in [2.75, 3.05) is 6.61 Å². The summed E-state index contributed by atoms with van der Waals surface area (Å²) < 4.78 is 5.81. The van der Waals surface area contributed by atoms with Crippen molar-refractivity contribution in [1.29, 1.82) is 0 Å². The molecule has 2 bridgehead atoms. The van der Waals surface area contributed by atoms with E-state index in [-0.39, 0.29) is 23.0 Å². The molecular weight excluding hydrogens is 276 g/mol. The van der Waals surface area contributed by atoms with Crippen LogP contribution in [0.25, 0.3) is 0 Å². The SMILES string of the molecule is CC(C)c1ccc(CNC(=O)C23COC(C(C)N)(C2)C3)cc1. The first-order chi connectivity index (χ1) is 10.4. The molecule has 0 spiro atoms. The summed E-state index contributed by atoms with van der Waals surface area (Å²) in [5.41, 5.74) is 7.83. The molecule has 0 radical (unpaired) electrons. The van der Waals surface area contributed by atoms with E-state index in [0.29, 0.717) is 19.1 Å². The fourth-order valence-electron chi connectivity index (χ4n) is 3.65. The van der Waals surface area contributed by atoms with E-state index >= 15 is 0 Å². The predicted molar refractivity (Wildman–Crippen MR) is 86.4 cm³/mol. The number of nitrogens with two attached hydrogens (primary N) is 1. The Morgan fingerprint density at radius 2 is 1.91 bits per heavy atom. The summed E-state index contributed by atoms with van der Waals surface area (Å²) in [5.74, 6) is 0.633. The monoisotopic (exact) mass is 302 g/mol. The Hall–Kier alpha value is -1.39. The number of carbonyl (C=O) groups excluding carboxylic acids is 1. The molecule has 2 aliphatic heterocycles. The molecule has 0 aromatic heterocycles. The molecule has 1 unspecified atom stereocenters. The van der Waals surface area contributed by atoms with E-state index in [4.69, 9.17) is 10.5 Å². The van der Waals surface area contributed by atoms with Crippen LogP contribution in [-0.2, 0) is 16.1 Å². The quantitative estimate of drug-likeness (QED) is 0.877. The van der Waals surface area contributed by atoms with Crippen molar-refractivity contribution in [2.45, 2.75) is 57.7 Å². The van der Waals surface area contributed by atoms with Crippen LogP contribution in [0.4, 0.5) is 0 Å². The largest absolute Gasteiger partial charge is 0.372 e. The molecule has 120 valence electrons. The van der Waals surface area contributed by atoms with Crippen molar-refractivity contribution in [3.63, 3.8) is 0 Å². The summed E-state index contributed by atoms with van der Waals surface area (Å²) in [6, 6.07) is 8.43. The number of fused-ring (bicyclic) bond motifs is 1. The highest BCUT2D eigenvalue weighted by Crippen LogP contribution is 2.59. The van der Waals surface area contributed by atoms with Crippen molar-refractivity contribution in [2.24, 2.45) is 11.1 Å². The summed E-state index contributed by atoms with van der Waals surface area (Å²) in [7, 11) is 0. The lowest BCUT2D eigenvalue weighted by atomic mass is 9.59. The number of nitrogens with one attached hydrogen (secondary N) is 1. The zero-order valence-corrected chi connectivity index (χ0v) is 13.7. The van der Waals surface area contributed by atoms with Crippen LogP contribution in [0, 0.1) is 5.41 Å². The molecule has 4 rings (SSSR count). The molecule has 4 nitrogen and oxygen atoms in total. The molecule has 3 fully saturated rings. The number of amides is 1. The van der Waals surface area contributed by atoms with Gasteiger partial charge in [0.15, 0.2) is 0 Å². The Labute approximate surface area is 132 Å². The molecule has 22 heavy (non-hydrogen) atoms. The van der Waals surface area contributed by atoms with E-state index in [1.54, 1.807) is 0 Å². The zero-order valence-electron chi connectivity index (χ0n) is 13.7. The average molecular weight is 302 g/mol. The maximum absolute atomic E-state index is 12.5. The third kappa shape index (κ3) is 2.44. The number of hydrogen-bond acceptors (Lipinski definition) is 3. The molecule has 4 heteroatoms. The van der Waals surface area contributed by atoms with Crippen LogP contribution in [0.5, 0.6) is 0 Å². The topological polar surface area (TPSA) is 64.3 Å². The average Bonchev–Trinajstić information content (AvgIpc) is 3.02. The maximum atomic E-state index is 12.5. The van der Waals surface area contributed by atoms with Gasteiger partial charge in [0.25, 0.3) is 0 Å². The second-order valence-corrected chi connectivity index (χ2v) is 7.35. The highest BCUT2D eigenvalue weighted by molar-refractivity contribution is 5.85. The van der Waals surface area contributed by atoms with Crippen molar-refractivity contribution in [3.05, 3.63) is 35.4 Å². The lowest BCUT2D eigenvalue weighted by Gasteiger charge is -2.45. The van der Waals surface area contributed by atoms with Crippen LogP contribution in [-0.4, -0.2) is 24.2 Å². The lowest BCUT2D eigenvalue weighted by molar-refractivity contribution is -0.136. The van der Waals surface area contributed by atoms with Crippen molar-refractivity contribution < 1.29 is 9.53 Å². The minimum atomic E-state index is -0.342. The number of ether oxygens (including phenoxy) is 1. The Bertz CT molecular complexity index is 557. The number of carbonyl (C=O) groups is 1. The van der Waals surface area contributed by atoms with Gasteiger partial charge >= 0.3 is 0 Å². The zero-order chi connectivity index (χ0) is 16.0. The van der Waals surface area contributed by atoms with E-state index in [1.165, 1.54) is 5.56 Å². The van der Waals surface area contributed by atoms with Gasteiger partial charge in [-0.25, -0.2) is 0 Å². The van der Waals surface area contributed by atoms with E-state index in [2.05, 4.69) is 43.4 Å². The standard InChI is InChI=1S/C18H26N2O2/c1-12(2)15-6-4-14(5-7-15)8-20-16(21)17-9-18(10-17,13(3)19)22-11-17/h4-7,12-13H,8-11,19H2,1-3H3,(H,20,21). The van der Waals surface area contributed by atoms with Gasteiger partial charge in [-0.3, -0.25) is 4.79 Å². The summed E-state index contributed by atoms with van der Waals surface area (Å²) in [5, 5.41) is 3.06. The van der Waals surface area contributed by atoms with Crippen LogP contribution in [0.15, 0.2) is 24.3 Å². The van der Waals surface area contributed by atoms with E-state index in [9.17, 15) is 4.79 Å². The van der Waals surface area contributed by atoms with Crippen LogP contribution in [0.3, 0.4) is 0 Å². The molecule has 1 aromatic carbocycles. The summed E-state index contributed by atoms with van der Waals surface area (Å²) in [6.45, 7) is 7.40. The summed E-state index contributed by atoms with van der Waals surface area (Å²) in [6.07, 6.45) is 1.52. The molecule has 1 saturated carbocycles. The van der Waals surface area contributed by atoms with Crippen molar-refractivity contribution in [1.82, 2.24) is 5.32 Å². The minimum absolute atomic E-state index is 0.0143. The van der Waals surface area contributed by atoms with Gasteiger partial charge in [0.1, 0.15) is 0 Å². The molecule has 1 atom stereocenters. The smallest absolute Gasteiger partial charge is 0.229 e. The van der Waals surface area contributed by atoms with Crippen molar-refractivity contribution in [3.8, 4) is 0 Å². The molecule has 1 aromatic rings. The Morgan fingerprint density at radius 3 is 2.41 bits per heavy atom. The minimum Gasteiger partial charge on any atom is -0.372 e. The Morgan fingerprint density at radius 1 is 1.27 bits per heavy atom. The van der Waals surface area contributed by atoms with E-state index in [1.807, 2.05) is 6.92 Å². The fraction of sp³-hybridized carbons (Fsp3) is 0.611. The highest BCUT2D eigenvalue weighted by atomic mass is 16.5. The van der Waals surface area contributed by atoms with Gasteiger partial charge in [-0.05, 0) is 36.8 Å². The highest BCUT2D eigenvalue weighted by Gasteiger charge is 2.67. The molecule has 3 N–H and O–H groups in total. The molecule has 2 heterocycles. The van der Waals surface area contributed by atoms with Gasteiger partial charge in [-0.1, -0.05) is 38.1 Å². The van der Waals surface area contributed by atoms with Crippen LogP contribution < -0.4 is 11.1 Å². The first kappa shape index (κ1) is 15.5. The van der Waals surface area contributed by atoms with E-state index in [0.717, 1.165) is 18.4 Å². The first-order valence-electron chi connectivity index (χ1n) is 8.14. The number of benzene rings is 1. The van der Waals surface area contributed by atoms with Gasteiger partial charge in [-0.15, -0.1) is 0 Å². The Kier molecular flexibility index (Phi) is 3.77. The molecule has 3 aliphatic rings. The van der Waals surface area contributed by atoms with Crippen LogP contribution >= 0.6 is 0 Å². The van der Waals surface area contributed by atoms with Gasteiger partial charge in [0.05, 0.1) is 17.6 Å². The first-order valence-corrected chi connectivity index (χ1v) is 8.14. The summed E-state index contributed by atoms with van der Waals surface area (Å²) in [4.78, 5) is 12.5. The lowest BCUT2D eigenvalue weighted by Crippen LogP contribution is -2.59. The van der Waals surface area contributed by atoms with Crippen LogP contribution in [0.2, 0.25) is 0 Å². The van der Waals surface area contributed by atoms with Gasteiger partial charge < -0.3 is 15.8 Å². The predicted octanol–water partition coefficient (Wildman–Crippen LogP) is 2.32. The molecule has 1 amide bonds. The molecule has 2 saturated heterocycles. The Balaban J connectivity index is 1.56. The number of hydrogen-bond donors (Lipinski definition) is 2. The third-order valence-corrected chi connectivity index (χ3v) is 5.32. The summed E-state index contributed by atoms with van der Waals surface area (Å²) >= 11 is 0. The number of rotatable bonds is 5. The van der Waals surface area contributed by atoms with Gasteiger partial charge in [0, 0.05) is 12.6 Å². The van der Waals surface area contributed by atoms with Crippen LogP contribution in [0.1, 0.15) is 50.7 Å². The fourth-order valence-corrected chi connectivity index (χ4v) is 3.65. The maximum Gasteiger partial charge on any atom is 0.229 e. The normalized spacial score (nSPS) is 31.0. The van der Waals surface area contributed by atoms with Gasteiger partial charge in [-0.2, -0.15) is 0 Å².